The van der Waals surface area contributed by atoms with Gasteiger partial charge in [0, 0.05) is 23.5 Å². The largest absolute Gasteiger partial charge is 0.305 e. The fourth-order valence-corrected chi connectivity index (χ4v) is 4.10. The summed E-state index contributed by atoms with van der Waals surface area (Å²) in [6, 6.07) is 1.14. The molecule has 1 aromatic heterocycles. The van der Waals surface area contributed by atoms with E-state index < -0.39 is 0 Å². The van der Waals surface area contributed by atoms with Crippen molar-refractivity contribution >= 4 is 11.3 Å². The smallest absolute Gasteiger partial charge is 0.0798 e. The molecule has 2 unspecified atom stereocenters. The van der Waals surface area contributed by atoms with E-state index in [0.717, 1.165) is 5.92 Å². The summed E-state index contributed by atoms with van der Waals surface area (Å²) in [5.41, 5.74) is 3.15. The lowest BCUT2D eigenvalue weighted by Gasteiger charge is -2.46. The Morgan fingerprint density at radius 2 is 2.24 bits per heavy atom. The zero-order valence-corrected chi connectivity index (χ0v) is 11.5. The molecule has 0 spiro atoms. The van der Waals surface area contributed by atoms with Crippen molar-refractivity contribution in [3.8, 4) is 0 Å². The van der Waals surface area contributed by atoms with E-state index in [1.165, 1.54) is 43.0 Å². The second-order valence-corrected chi connectivity index (χ2v) is 6.32. The van der Waals surface area contributed by atoms with Gasteiger partial charge in [0.05, 0.1) is 11.2 Å². The summed E-state index contributed by atoms with van der Waals surface area (Å²) in [7, 11) is 0. The van der Waals surface area contributed by atoms with E-state index in [4.69, 9.17) is 0 Å². The molecule has 94 valence electrons. The lowest BCUT2D eigenvalue weighted by Crippen LogP contribution is -2.56. The van der Waals surface area contributed by atoms with Gasteiger partial charge >= 0.3 is 0 Å². The molecule has 1 N–H and O–H groups in total. The maximum atomic E-state index is 4.35. The van der Waals surface area contributed by atoms with Crippen molar-refractivity contribution in [2.45, 2.75) is 38.8 Å². The van der Waals surface area contributed by atoms with Crippen LogP contribution in [0.1, 0.15) is 36.4 Å². The number of nitrogens with zero attached hydrogens (tertiary/aromatic N) is 2. The Morgan fingerprint density at radius 1 is 1.47 bits per heavy atom. The van der Waals surface area contributed by atoms with Crippen LogP contribution >= 0.6 is 11.3 Å². The van der Waals surface area contributed by atoms with Crippen LogP contribution in [0.4, 0.5) is 0 Å². The van der Waals surface area contributed by atoms with Gasteiger partial charge in [-0.3, -0.25) is 0 Å². The molecule has 2 bridgehead atoms. The van der Waals surface area contributed by atoms with E-state index >= 15 is 0 Å². The van der Waals surface area contributed by atoms with Crippen molar-refractivity contribution in [2.75, 3.05) is 19.6 Å². The molecule has 17 heavy (non-hydrogen) atoms. The average Bonchev–Trinajstić information content (AvgIpc) is 2.77. The monoisotopic (exact) mass is 251 g/mol. The summed E-state index contributed by atoms with van der Waals surface area (Å²) in [6.07, 6.45) is 2.76. The summed E-state index contributed by atoms with van der Waals surface area (Å²) in [5.74, 6) is 0.899. The standard InChI is InChI=1S/C13H21N3S/c1-9-13(17-8-14-9)10(2)15-12-7-16-5-3-11(12)4-6-16/h8,10-12,15H,3-7H2,1-2H3. The molecule has 0 amide bonds. The highest BCUT2D eigenvalue weighted by Gasteiger charge is 2.34. The number of hydrogen-bond donors (Lipinski definition) is 1. The van der Waals surface area contributed by atoms with Crippen molar-refractivity contribution in [2.24, 2.45) is 5.92 Å². The highest BCUT2D eigenvalue weighted by atomic mass is 32.1. The minimum absolute atomic E-state index is 0.452. The minimum Gasteiger partial charge on any atom is -0.305 e. The Balaban J connectivity index is 1.65. The van der Waals surface area contributed by atoms with Gasteiger partial charge in [-0.2, -0.15) is 0 Å². The molecule has 0 aliphatic carbocycles. The molecule has 3 fully saturated rings. The molecule has 3 nitrogen and oxygen atoms in total. The maximum Gasteiger partial charge on any atom is 0.0798 e. The van der Waals surface area contributed by atoms with Crippen molar-refractivity contribution < 1.29 is 0 Å². The molecule has 0 radical (unpaired) electrons. The van der Waals surface area contributed by atoms with Gasteiger partial charge in [-0.25, -0.2) is 4.98 Å². The Morgan fingerprint density at radius 3 is 2.76 bits per heavy atom. The zero-order valence-electron chi connectivity index (χ0n) is 10.6. The first-order valence-corrected chi connectivity index (χ1v) is 7.50. The molecule has 0 saturated carbocycles. The molecule has 0 aromatic carbocycles. The normalized spacial score (nSPS) is 33.9. The van der Waals surface area contributed by atoms with Crippen LogP contribution in [0.5, 0.6) is 0 Å². The Hall–Kier alpha value is -0.450. The number of thiazole rings is 1. The minimum atomic E-state index is 0.452. The van der Waals surface area contributed by atoms with Crippen molar-refractivity contribution in [1.82, 2.24) is 15.2 Å². The topological polar surface area (TPSA) is 28.2 Å². The van der Waals surface area contributed by atoms with Gasteiger partial charge in [-0.1, -0.05) is 0 Å². The van der Waals surface area contributed by atoms with Crippen LogP contribution in [-0.4, -0.2) is 35.6 Å². The fraction of sp³-hybridized carbons (Fsp3) is 0.769. The molecule has 3 aliphatic rings. The van der Waals surface area contributed by atoms with Gasteiger partial charge in [0.15, 0.2) is 0 Å². The molecular formula is C13H21N3S. The number of aryl methyl sites for hydroxylation is 1. The number of nitrogens with one attached hydrogen (secondary N) is 1. The molecule has 1 aromatic rings. The quantitative estimate of drug-likeness (QED) is 0.892. The van der Waals surface area contributed by atoms with E-state index in [1.807, 2.05) is 5.51 Å². The van der Waals surface area contributed by atoms with Crippen molar-refractivity contribution in [3.63, 3.8) is 0 Å². The molecule has 3 saturated heterocycles. The highest BCUT2D eigenvalue weighted by Crippen LogP contribution is 2.30. The summed E-state index contributed by atoms with van der Waals surface area (Å²) in [6.45, 7) is 8.26. The van der Waals surface area contributed by atoms with Crippen LogP contribution in [0, 0.1) is 12.8 Å². The van der Waals surface area contributed by atoms with Crippen LogP contribution in [-0.2, 0) is 0 Å². The van der Waals surface area contributed by atoms with E-state index in [-0.39, 0.29) is 0 Å². The molecule has 3 aliphatic heterocycles. The number of fused-ring (bicyclic) bond motifs is 3. The van der Waals surface area contributed by atoms with Gasteiger partial charge in [-0.05, 0) is 45.7 Å². The molecule has 4 rings (SSSR count). The SMILES string of the molecule is Cc1ncsc1C(C)NC1CN2CCC1CC2. The highest BCUT2D eigenvalue weighted by molar-refractivity contribution is 7.09. The van der Waals surface area contributed by atoms with Gasteiger partial charge in [-0.15, -0.1) is 11.3 Å². The second kappa shape index (κ2) is 4.67. The number of hydrogen-bond acceptors (Lipinski definition) is 4. The van der Waals surface area contributed by atoms with Crippen LogP contribution in [0.3, 0.4) is 0 Å². The van der Waals surface area contributed by atoms with Crippen LogP contribution in [0.15, 0.2) is 5.51 Å². The van der Waals surface area contributed by atoms with Crippen molar-refractivity contribution in [1.29, 1.82) is 0 Å². The van der Waals surface area contributed by atoms with E-state index in [2.05, 4.69) is 29.0 Å². The summed E-state index contributed by atoms with van der Waals surface area (Å²) in [4.78, 5) is 8.35. The summed E-state index contributed by atoms with van der Waals surface area (Å²) < 4.78 is 0. The first-order chi connectivity index (χ1) is 8.24. The maximum absolute atomic E-state index is 4.35. The predicted molar refractivity (Wildman–Crippen MR) is 71.4 cm³/mol. The second-order valence-electron chi connectivity index (χ2n) is 5.43. The molecule has 4 heteroatoms. The van der Waals surface area contributed by atoms with E-state index in [0.29, 0.717) is 12.1 Å². The lowest BCUT2D eigenvalue weighted by atomic mass is 9.83. The molecule has 2 atom stereocenters. The lowest BCUT2D eigenvalue weighted by molar-refractivity contribution is 0.0682. The van der Waals surface area contributed by atoms with Crippen LogP contribution < -0.4 is 5.32 Å². The van der Waals surface area contributed by atoms with Gasteiger partial charge in [0.25, 0.3) is 0 Å². The van der Waals surface area contributed by atoms with Crippen LogP contribution in [0.25, 0.3) is 0 Å². The fourth-order valence-electron chi connectivity index (χ4n) is 3.28. The Labute approximate surface area is 107 Å². The van der Waals surface area contributed by atoms with Gasteiger partial charge in [0.2, 0.25) is 0 Å². The first kappa shape index (κ1) is 11.6. The Kier molecular flexibility index (Phi) is 3.19. The number of piperidine rings is 3. The number of aromatic nitrogens is 1. The van der Waals surface area contributed by atoms with Gasteiger partial charge in [0.1, 0.15) is 0 Å². The van der Waals surface area contributed by atoms with E-state index in [1.54, 1.807) is 11.3 Å². The van der Waals surface area contributed by atoms with Crippen LogP contribution in [0.2, 0.25) is 0 Å². The van der Waals surface area contributed by atoms with E-state index in [9.17, 15) is 0 Å². The Bertz CT molecular complexity index is 382. The average molecular weight is 251 g/mol. The number of rotatable bonds is 3. The van der Waals surface area contributed by atoms with Crippen molar-refractivity contribution in [3.05, 3.63) is 16.1 Å². The molecule has 4 heterocycles. The molecular weight excluding hydrogens is 230 g/mol. The third kappa shape index (κ3) is 2.26. The summed E-state index contributed by atoms with van der Waals surface area (Å²) >= 11 is 1.78. The zero-order chi connectivity index (χ0) is 11.8. The first-order valence-electron chi connectivity index (χ1n) is 6.62. The summed E-state index contributed by atoms with van der Waals surface area (Å²) in [5, 5.41) is 3.82. The predicted octanol–water partition coefficient (Wildman–Crippen LogP) is 2.20. The third-order valence-corrected chi connectivity index (χ3v) is 5.41. The third-order valence-electron chi connectivity index (χ3n) is 4.30. The van der Waals surface area contributed by atoms with Gasteiger partial charge < -0.3 is 10.2 Å².